The van der Waals surface area contributed by atoms with Crippen LogP contribution in [-0.2, 0) is 0 Å². The van der Waals surface area contributed by atoms with Gasteiger partial charge in [-0.05, 0) is 49.1 Å². The Labute approximate surface area is 182 Å². The van der Waals surface area contributed by atoms with E-state index in [9.17, 15) is 4.79 Å². The molecule has 3 aromatic rings. The van der Waals surface area contributed by atoms with Gasteiger partial charge in [0.25, 0.3) is 5.91 Å². The first kappa shape index (κ1) is 20.7. The number of nitrogens with one attached hydrogen (secondary N) is 1. The molecule has 0 saturated carbocycles. The summed E-state index contributed by atoms with van der Waals surface area (Å²) in [7, 11) is 3.14. The Bertz CT molecular complexity index is 1050. The van der Waals surface area contributed by atoms with Crippen LogP contribution in [0, 0.1) is 0 Å². The number of amides is 1. The molecular formula is C24H26N4O3. The number of ether oxygens (including phenoxy) is 2. The van der Waals surface area contributed by atoms with Crippen LogP contribution in [0.3, 0.4) is 0 Å². The predicted octanol–water partition coefficient (Wildman–Crippen LogP) is 4.40. The Morgan fingerprint density at radius 3 is 2.42 bits per heavy atom. The van der Waals surface area contributed by atoms with E-state index in [1.165, 1.54) is 19.3 Å². The average Bonchev–Trinajstić information content (AvgIpc) is 2.85. The molecule has 2 aromatic carbocycles. The SMILES string of the molecule is COc1ccc(NC(=O)c2cccc(-c3cnc(N4CCCCC4)nc3)c2)c(OC)c1. The van der Waals surface area contributed by atoms with Gasteiger partial charge in [-0.2, -0.15) is 0 Å². The van der Waals surface area contributed by atoms with Gasteiger partial charge in [0.05, 0.1) is 19.9 Å². The van der Waals surface area contributed by atoms with E-state index in [0.717, 1.165) is 30.2 Å². The maximum atomic E-state index is 12.8. The van der Waals surface area contributed by atoms with Crippen molar-refractivity contribution in [3.8, 4) is 22.6 Å². The molecule has 0 aliphatic carbocycles. The van der Waals surface area contributed by atoms with Crippen LogP contribution in [0.15, 0.2) is 54.9 Å². The Morgan fingerprint density at radius 1 is 0.935 bits per heavy atom. The fraction of sp³-hybridized carbons (Fsp3) is 0.292. The fourth-order valence-electron chi connectivity index (χ4n) is 3.66. The Kier molecular flexibility index (Phi) is 6.31. The number of nitrogens with zero attached hydrogens (tertiary/aromatic N) is 3. The van der Waals surface area contributed by atoms with Crippen molar-refractivity contribution in [2.45, 2.75) is 19.3 Å². The van der Waals surface area contributed by atoms with E-state index < -0.39 is 0 Å². The second-order valence-electron chi connectivity index (χ2n) is 7.42. The summed E-state index contributed by atoms with van der Waals surface area (Å²) in [5.41, 5.74) is 2.88. The molecule has 0 spiro atoms. The Balaban J connectivity index is 1.51. The molecule has 1 saturated heterocycles. The van der Waals surface area contributed by atoms with Gasteiger partial charge in [-0.25, -0.2) is 9.97 Å². The molecule has 7 heteroatoms. The lowest BCUT2D eigenvalue weighted by Crippen LogP contribution is -2.30. The van der Waals surface area contributed by atoms with Crippen LogP contribution in [0.2, 0.25) is 0 Å². The standard InChI is InChI=1S/C24H26N4O3/c1-30-20-9-10-21(22(14-20)31-2)27-23(29)18-8-6-7-17(13-18)19-15-25-24(26-16-19)28-11-4-3-5-12-28/h6-10,13-16H,3-5,11-12H2,1-2H3,(H,27,29). The number of piperidine rings is 1. The largest absolute Gasteiger partial charge is 0.497 e. The van der Waals surface area contributed by atoms with Crippen LogP contribution < -0.4 is 19.7 Å². The van der Waals surface area contributed by atoms with Crippen molar-refractivity contribution in [3.63, 3.8) is 0 Å². The summed E-state index contributed by atoms with van der Waals surface area (Å²) in [4.78, 5) is 24.2. The minimum atomic E-state index is -0.226. The van der Waals surface area contributed by atoms with Crippen molar-refractivity contribution >= 4 is 17.5 Å². The van der Waals surface area contributed by atoms with Gasteiger partial charge in [-0.1, -0.05) is 12.1 Å². The van der Waals surface area contributed by atoms with E-state index in [1.807, 2.05) is 30.6 Å². The summed E-state index contributed by atoms with van der Waals surface area (Å²) >= 11 is 0. The van der Waals surface area contributed by atoms with E-state index in [2.05, 4.69) is 20.2 Å². The van der Waals surface area contributed by atoms with Crippen LogP contribution in [0.1, 0.15) is 29.6 Å². The summed E-state index contributed by atoms with van der Waals surface area (Å²) in [5, 5.41) is 2.90. The summed E-state index contributed by atoms with van der Waals surface area (Å²) in [6.07, 6.45) is 7.27. The van der Waals surface area contributed by atoms with Crippen molar-refractivity contribution in [2.75, 3.05) is 37.5 Å². The van der Waals surface area contributed by atoms with Crippen molar-refractivity contribution in [2.24, 2.45) is 0 Å². The zero-order valence-corrected chi connectivity index (χ0v) is 17.8. The molecule has 7 nitrogen and oxygen atoms in total. The third kappa shape index (κ3) is 4.77. The van der Waals surface area contributed by atoms with E-state index in [1.54, 1.807) is 38.5 Å². The molecule has 0 atom stereocenters. The van der Waals surface area contributed by atoms with E-state index in [-0.39, 0.29) is 5.91 Å². The maximum Gasteiger partial charge on any atom is 0.255 e. The molecule has 160 valence electrons. The van der Waals surface area contributed by atoms with Gasteiger partial charge in [0, 0.05) is 42.7 Å². The lowest BCUT2D eigenvalue weighted by molar-refractivity contribution is 0.102. The lowest BCUT2D eigenvalue weighted by Gasteiger charge is -2.26. The zero-order chi connectivity index (χ0) is 21.6. The van der Waals surface area contributed by atoms with E-state index >= 15 is 0 Å². The van der Waals surface area contributed by atoms with E-state index in [4.69, 9.17) is 9.47 Å². The first-order valence-corrected chi connectivity index (χ1v) is 10.4. The number of hydrogen-bond donors (Lipinski definition) is 1. The molecule has 1 fully saturated rings. The molecule has 2 heterocycles. The van der Waals surface area contributed by atoms with Gasteiger partial charge in [0.1, 0.15) is 11.5 Å². The molecule has 1 aliphatic heterocycles. The minimum absolute atomic E-state index is 0.226. The fourth-order valence-corrected chi connectivity index (χ4v) is 3.66. The van der Waals surface area contributed by atoms with Gasteiger partial charge in [-0.15, -0.1) is 0 Å². The molecule has 1 amide bonds. The molecular weight excluding hydrogens is 392 g/mol. The van der Waals surface area contributed by atoms with Gasteiger partial charge in [0.2, 0.25) is 5.95 Å². The van der Waals surface area contributed by atoms with Gasteiger partial charge >= 0.3 is 0 Å². The highest BCUT2D eigenvalue weighted by molar-refractivity contribution is 6.05. The second kappa shape index (κ2) is 9.47. The van der Waals surface area contributed by atoms with Crippen LogP contribution in [0.25, 0.3) is 11.1 Å². The summed E-state index contributed by atoms with van der Waals surface area (Å²) in [6.45, 7) is 2.01. The lowest BCUT2D eigenvalue weighted by atomic mass is 10.1. The predicted molar refractivity (Wildman–Crippen MR) is 121 cm³/mol. The monoisotopic (exact) mass is 418 g/mol. The number of rotatable bonds is 6. The number of hydrogen-bond acceptors (Lipinski definition) is 6. The first-order valence-electron chi connectivity index (χ1n) is 10.4. The number of methoxy groups -OCH3 is 2. The quantitative estimate of drug-likeness (QED) is 0.639. The van der Waals surface area contributed by atoms with Crippen LogP contribution in [0.4, 0.5) is 11.6 Å². The van der Waals surface area contributed by atoms with Gasteiger partial charge in [-0.3, -0.25) is 4.79 Å². The third-order valence-electron chi connectivity index (χ3n) is 5.39. The van der Waals surface area contributed by atoms with Crippen LogP contribution in [-0.4, -0.2) is 43.2 Å². The van der Waals surface area contributed by atoms with Crippen LogP contribution >= 0.6 is 0 Å². The number of carbonyl (C=O) groups is 1. The number of benzene rings is 2. The van der Waals surface area contributed by atoms with Crippen molar-refractivity contribution in [3.05, 3.63) is 60.4 Å². The van der Waals surface area contributed by atoms with Gasteiger partial charge in [0.15, 0.2) is 0 Å². The molecule has 0 unspecified atom stereocenters. The Hall–Kier alpha value is -3.61. The molecule has 1 aromatic heterocycles. The van der Waals surface area contributed by atoms with Crippen molar-refractivity contribution in [1.82, 2.24) is 9.97 Å². The number of aromatic nitrogens is 2. The molecule has 4 rings (SSSR count). The van der Waals surface area contributed by atoms with Crippen molar-refractivity contribution < 1.29 is 14.3 Å². The number of anilines is 2. The van der Waals surface area contributed by atoms with E-state index in [0.29, 0.717) is 22.7 Å². The molecule has 31 heavy (non-hydrogen) atoms. The highest BCUT2D eigenvalue weighted by Gasteiger charge is 2.14. The Morgan fingerprint density at radius 2 is 1.71 bits per heavy atom. The van der Waals surface area contributed by atoms with Crippen molar-refractivity contribution in [1.29, 1.82) is 0 Å². The third-order valence-corrected chi connectivity index (χ3v) is 5.39. The molecule has 1 N–H and O–H groups in total. The van der Waals surface area contributed by atoms with Crippen LogP contribution in [0.5, 0.6) is 11.5 Å². The molecule has 1 aliphatic rings. The summed E-state index contributed by atoms with van der Waals surface area (Å²) in [5.74, 6) is 1.73. The minimum Gasteiger partial charge on any atom is -0.497 e. The average molecular weight is 418 g/mol. The second-order valence-corrected chi connectivity index (χ2v) is 7.42. The molecule has 0 radical (unpaired) electrons. The highest BCUT2D eigenvalue weighted by Crippen LogP contribution is 2.30. The molecule has 0 bridgehead atoms. The summed E-state index contributed by atoms with van der Waals surface area (Å²) < 4.78 is 10.6. The first-order chi connectivity index (χ1) is 15.2. The number of carbonyl (C=O) groups excluding carboxylic acids is 1. The summed E-state index contributed by atoms with van der Waals surface area (Å²) in [6, 6.07) is 12.7. The van der Waals surface area contributed by atoms with Gasteiger partial charge < -0.3 is 19.7 Å². The highest BCUT2D eigenvalue weighted by atomic mass is 16.5. The normalized spacial score (nSPS) is 13.5. The zero-order valence-electron chi connectivity index (χ0n) is 17.8. The maximum absolute atomic E-state index is 12.8. The topological polar surface area (TPSA) is 76.6 Å². The smallest absolute Gasteiger partial charge is 0.255 e.